The van der Waals surface area contributed by atoms with Crippen molar-refractivity contribution in [2.24, 2.45) is 0 Å². The van der Waals surface area contributed by atoms with Crippen LogP contribution in [0.4, 0.5) is 0 Å². The van der Waals surface area contributed by atoms with Crippen molar-refractivity contribution in [1.82, 2.24) is 0 Å². The Morgan fingerprint density at radius 2 is 1.73 bits per heavy atom. The van der Waals surface area contributed by atoms with Gasteiger partial charge in [0.05, 0.1) is 5.56 Å². The highest BCUT2D eigenvalue weighted by Gasteiger charge is 1.96. The van der Waals surface area contributed by atoms with Crippen LogP contribution in [0.2, 0.25) is 0 Å². The van der Waals surface area contributed by atoms with E-state index in [0.717, 1.165) is 5.56 Å². The molecule has 0 fully saturated rings. The number of carbonyl (C=O) groups excluding carboxylic acids is 1. The molecule has 0 aliphatic rings. The van der Waals surface area contributed by atoms with Crippen molar-refractivity contribution < 1.29 is 27.4 Å². The summed E-state index contributed by atoms with van der Waals surface area (Å²) in [5.41, 5.74) is 1.32. The lowest BCUT2D eigenvalue weighted by molar-refractivity contribution is 0.112. The van der Waals surface area contributed by atoms with Gasteiger partial charge in [-0.25, -0.2) is 0 Å². The van der Waals surface area contributed by atoms with E-state index < -0.39 is 10.4 Å². The molecule has 15 heavy (non-hydrogen) atoms. The van der Waals surface area contributed by atoms with Gasteiger partial charge in [-0.2, -0.15) is 8.42 Å². The van der Waals surface area contributed by atoms with Crippen LogP contribution in [0.3, 0.4) is 0 Å². The van der Waals surface area contributed by atoms with E-state index in [1.807, 2.05) is 6.92 Å². The summed E-state index contributed by atoms with van der Waals surface area (Å²) in [5.74, 6) is 0.0422. The van der Waals surface area contributed by atoms with Gasteiger partial charge in [-0.3, -0.25) is 13.9 Å². The Labute approximate surface area is 86.8 Å². The Bertz CT molecular complexity index is 428. The SMILES string of the molecule is Cc1ccc(O)c(C=O)c1.O=S(=O)(O)O. The van der Waals surface area contributed by atoms with Crippen LogP contribution in [0.1, 0.15) is 15.9 Å². The first-order valence-electron chi connectivity index (χ1n) is 3.68. The molecule has 1 rings (SSSR count). The van der Waals surface area contributed by atoms with Crippen LogP contribution in [-0.4, -0.2) is 28.9 Å². The summed E-state index contributed by atoms with van der Waals surface area (Å²) in [6.07, 6.45) is 0.641. The molecule has 0 amide bonds. The third kappa shape index (κ3) is 7.62. The second-order valence-corrected chi connectivity index (χ2v) is 3.52. The minimum absolute atomic E-state index is 0.0422. The van der Waals surface area contributed by atoms with Crippen molar-refractivity contribution >= 4 is 16.7 Å². The molecule has 0 saturated heterocycles. The molecular formula is C8H10O6S. The average molecular weight is 234 g/mol. The molecule has 0 aromatic heterocycles. The molecule has 0 unspecified atom stereocenters. The first-order valence-corrected chi connectivity index (χ1v) is 5.08. The molecule has 0 radical (unpaired) electrons. The standard InChI is InChI=1S/C8H8O2.H2O4S/c1-6-2-3-8(10)7(4-6)5-9;1-5(2,3)4/h2-5,10H,1H3;(H2,1,2,3,4). The van der Waals surface area contributed by atoms with Crippen LogP contribution < -0.4 is 0 Å². The number of phenolic OH excluding ortho intramolecular Hbond substituents is 1. The van der Waals surface area contributed by atoms with E-state index in [1.165, 1.54) is 6.07 Å². The fraction of sp³-hybridized carbons (Fsp3) is 0.125. The summed E-state index contributed by atoms with van der Waals surface area (Å²) in [6.45, 7) is 1.87. The minimum atomic E-state index is -4.67. The Morgan fingerprint density at radius 1 is 1.27 bits per heavy atom. The topological polar surface area (TPSA) is 112 Å². The molecule has 1 aromatic rings. The summed E-state index contributed by atoms with van der Waals surface area (Å²) in [4.78, 5) is 10.2. The van der Waals surface area contributed by atoms with Crippen molar-refractivity contribution in [3.63, 3.8) is 0 Å². The van der Waals surface area contributed by atoms with Crippen molar-refractivity contribution in [3.05, 3.63) is 29.3 Å². The van der Waals surface area contributed by atoms with Crippen molar-refractivity contribution in [3.8, 4) is 5.75 Å². The predicted octanol–water partition coefficient (Wildman–Crippen LogP) is 0.860. The van der Waals surface area contributed by atoms with Gasteiger partial charge >= 0.3 is 10.4 Å². The molecule has 6 nitrogen and oxygen atoms in total. The zero-order valence-corrected chi connectivity index (χ0v) is 8.60. The number of hydrogen-bond acceptors (Lipinski definition) is 4. The number of aryl methyl sites for hydroxylation is 1. The third-order valence-corrected chi connectivity index (χ3v) is 1.31. The summed E-state index contributed by atoms with van der Waals surface area (Å²) in [5, 5.41) is 9.00. The van der Waals surface area contributed by atoms with Gasteiger partial charge in [-0.15, -0.1) is 0 Å². The zero-order valence-electron chi connectivity index (χ0n) is 7.78. The average Bonchev–Trinajstić information content (AvgIpc) is 2.06. The van der Waals surface area contributed by atoms with Crippen molar-refractivity contribution in [2.45, 2.75) is 6.92 Å². The van der Waals surface area contributed by atoms with E-state index in [0.29, 0.717) is 11.8 Å². The third-order valence-electron chi connectivity index (χ3n) is 1.31. The van der Waals surface area contributed by atoms with Gasteiger partial charge in [0.1, 0.15) is 5.75 Å². The molecule has 0 atom stereocenters. The maximum absolute atomic E-state index is 10.2. The molecule has 0 saturated carbocycles. The number of carbonyl (C=O) groups is 1. The van der Waals surface area contributed by atoms with Gasteiger partial charge < -0.3 is 5.11 Å². The molecule has 0 aliphatic heterocycles. The fourth-order valence-corrected chi connectivity index (χ4v) is 0.768. The lowest BCUT2D eigenvalue weighted by atomic mass is 10.1. The first-order chi connectivity index (χ1) is 6.74. The van der Waals surface area contributed by atoms with E-state index in [4.69, 9.17) is 22.6 Å². The minimum Gasteiger partial charge on any atom is -0.507 e. The van der Waals surface area contributed by atoms with Crippen LogP contribution >= 0.6 is 0 Å². The van der Waals surface area contributed by atoms with Crippen molar-refractivity contribution in [2.75, 3.05) is 0 Å². The predicted molar refractivity (Wildman–Crippen MR) is 52.4 cm³/mol. The Kier molecular flexibility index (Phi) is 4.92. The monoisotopic (exact) mass is 234 g/mol. The highest BCUT2D eigenvalue weighted by Crippen LogP contribution is 2.15. The van der Waals surface area contributed by atoms with Gasteiger partial charge in [-0.05, 0) is 19.1 Å². The van der Waals surface area contributed by atoms with Gasteiger partial charge in [0, 0.05) is 0 Å². The molecule has 3 N–H and O–H groups in total. The number of hydrogen-bond donors (Lipinski definition) is 3. The van der Waals surface area contributed by atoms with Gasteiger partial charge in [0.2, 0.25) is 0 Å². The van der Waals surface area contributed by atoms with Gasteiger partial charge in [-0.1, -0.05) is 11.6 Å². The maximum atomic E-state index is 10.2. The van der Waals surface area contributed by atoms with E-state index in [1.54, 1.807) is 12.1 Å². The van der Waals surface area contributed by atoms with Gasteiger partial charge in [0.25, 0.3) is 0 Å². The molecule has 7 heteroatoms. The van der Waals surface area contributed by atoms with E-state index in [2.05, 4.69) is 0 Å². The lowest BCUT2D eigenvalue weighted by Gasteiger charge is -1.96. The molecule has 1 aromatic carbocycles. The quantitative estimate of drug-likeness (QED) is 0.490. The van der Waals surface area contributed by atoms with Crippen molar-refractivity contribution in [1.29, 1.82) is 0 Å². The largest absolute Gasteiger partial charge is 0.507 e. The van der Waals surface area contributed by atoms with Crippen LogP contribution in [-0.2, 0) is 10.4 Å². The Balaban J connectivity index is 0.000000336. The normalized spacial score (nSPS) is 10.1. The van der Waals surface area contributed by atoms with Crippen LogP contribution in [0.15, 0.2) is 18.2 Å². The maximum Gasteiger partial charge on any atom is 0.394 e. The molecular weight excluding hydrogens is 224 g/mol. The van der Waals surface area contributed by atoms with Crippen LogP contribution in [0.5, 0.6) is 5.75 Å². The fourth-order valence-electron chi connectivity index (χ4n) is 0.768. The molecule has 0 spiro atoms. The second-order valence-electron chi connectivity index (χ2n) is 2.63. The van der Waals surface area contributed by atoms with Gasteiger partial charge in [0.15, 0.2) is 6.29 Å². The zero-order chi connectivity index (χ0) is 12.1. The molecule has 0 heterocycles. The second kappa shape index (κ2) is 5.44. The number of rotatable bonds is 1. The number of aromatic hydroxyl groups is 1. The molecule has 0 aliphatic carbocycles. The first kappa shape index (κ1) is 13.6. The van der Waals surface area contributed by atoms with E-state index in [9.17, 15) is 4.79 Å². The molecule has 0 bridgehead atoms. The van der Waals surface area contributed by atoms with Crippen LogP contribution in [0.25, 0.3) is 0 Å². The van der Waals surface area contributed by atoms with E-state index >= 15 is 0 Å². The lowest BCUT2D eigenvalue weighted by Crippen LogP contribution is -1.89. The summed E-state index contributed by atoms with van der Waals surface area (Å²) in [6, 6.07) is 4.91. The molecule has 84 valence electrons. The highest BCUT2D eigenvalue weighted by molar-refractivity contribution is 7.79. The number of aldehydes is 1. The summed E-state index contributed by atoms with van der Waals surface area (Å²) in [7, 11) is -4.67. The Hall–Kier alpha value is -1.44. The summed E-state index contributed by atoms with van der Waals surface area (Å²) >= 11 is 0. The van der Waals surface area contributed by atoms with E-state index in [-0.39, 0.29) is 5.75 Å². The van der Waals surface area contributed by atoms with Crippen LogP contribution in [0, 0.1) is 6.92 Å². The number of benzene rings is 1. The number of phenols is 1. The Morgan fingerprint density at radius 3 is 2.07 bits per heavy atom. The highest BCUT2D eigenvalue weighted by atomic mass is 32.3. The smallest absolute Gasteiger partial charge is 0.394 e. The summed E-state index contributed by atoms with van der Waals surface area (Å²) < 4.78 is 31.6.